The Balaban J connectivity index is 0.00000341. The van der Waals surface area contributed by atoms with Gasteiger partial charge in [-0.1, -0.05) is 36.4 Å². The van der Waals surface area contributed by atoms with Gasteiger partial charge in [0.1, 0.15) is 11.4 Å². The third-order valence-corrected chi connectivity index (χ3v) is 5.23. The van der Waals surface area contributed by atoms with Crippen molar-refractivity contribution in [2.45, 2.75) is 25.8 Å². The number of nitrogens with zero attached hydrogens (tertiary/aromatic N) is 3. The summed E-state index contributed by atoms with van der Waals surface area (Å²) in [5.74, 6) is -0.233. The van der Waals surface area contributed by atoms with E-state index in [9.17, 15) is 9.59 Å². The number of carbonyl (C=O) groups excluding carboxylic acids is 2. The van der Waals surface area contributed by atoms with Crippen molar-refractivity contribution in [1.82, 2.24) is 19.8 Å². The first-order valence-corrected chi connectivity index (χ1v) is 10.1. The molecule has 1 aromatic carbocycles. The van der Waals surface area contributed by atoms with Crippen LogP contribution in [0.5, 0.6) is 0 Å². The summed E-state index contributed by atoms with van der Waals surface area (Å²) in [6.45, 7) is 2.34. The normalized spacial score (nSPS) is 11.7. The zero-order chi connectivity index (χ0) is 21.5. The smallest absolute Gasteiger partial charge is 0.272 e. The first-order chi connectivity index (χ1) is 14.5. The third kappa shape index (κ3) is 5.35. The molecule has 1 atom stereocenters. The zero-order valence-corrected chi connectivity index (χ0v) is 17.7. The van der Waals surface area contributed by atoms with Crippen LogP contribution in [-0.4, -0.2) is 45.9 Å². The fraction of sp³-hybridized carbons (Fsp3) is 0.292. The lowest BCUT2D eigenvalue weighted by Crippen LogP contribution is -2.41. The van der Waals surface area contributed by atoms with Gasteiger partial charge in [-0.3, -0.25) is 9.59 Å². The van der Waals surface area contributed by atoms with Crippen LogP contribution in [0.1, 0.15) is 40.1 Å². The van der Waals surface area contributed by atoms with E-state index in [1.165, 1.54) is 0 Å². The van der Waals surface area contributed by atoms with Crippen molar-refractivity contribution in [3.05, 3.63) is 89.5 Å². The molecule has 1 N–H and O–H groups in total. The van der Waals surface area contributed by atoms with Gasteiger partial charge in [0.05, 0.1) is 0 Å². The quantitative estimate of drug-likeness (QED) is 0.623. The molecular weight excluding hydrogens is 376 g/mol. The number of carbonyl (C=O) groups is 2. The molecule has 6 nitrogen and oxygen atoms in total. The number of likely N-dealkylation sites (N-methyl/N-ethyl adjacent to an activating group) is 1. The molecule has 6 heteroatoms. The highest BCUT2D eigenvalue weighted by atomic mass is 16.2. The van der Waals surface area contributed by atoms with E-state index in [0.29, 0.717) is 30.8 Å². The van der Waals surface area contributed by atoms with E-state index in [2.05, 4.69) is 22.4 Å². The number of aryl methyl sites for hydroxylation is 2. The molecule has 0 radical (unpaired) electrons. The molecule has 0 spiro atoms. The first-order valence-electron chi connectivity index (χ1n) is 10.1. The molecule has 0 unspecified atom stereocenters. The number of rotatable bonds is 8. The maximum atomic E-state index is 13.0. The maximum Gasteiger partial charge on any atom is 0.272 e. The molecule has 3 aromatic rings. The number of pyridine rings is 1. The molecule has 0 aliphatic carbocycles. The van der Waals surface area contributed by atoms with Gasteiger partial charge in [0.15, 0.2) is 0 Å². The molecule has 0 aliphatic rings. The highest BCUT2D eigenvalue weighted by Gasteiger charge is 2.23. The van der Waals surface area contributed by atoms with Crippen molar-refractivity contribution in [2.75, 3.05) is 13.6 Å². The summed E-state index contributed by atoms with van der Waals surface area (Å²) < 4.78 is 1.79. The Morgan fingerprint density at radius 3 is 2.53 bits per heavy atom. The molecule has 0 aliphatic heterocycles. The van der Waals surface area contributed by atoms with Crippen LogP contribution >= 0.6 is 0 Å². The van der Waals surface area contributed by atoms with Gasteiger partial charge in [0, 0.05) is 40.0 Å². The summed E-state index contributed by atoms with van der Waals surface area (Å²) in [6, 6.07) is 19.1. The van der Waals surface area contributed by atoms with Gasteiger partial charge in [0.2, 0.25) is 0 Å². The minimum atomic E-state index is -0.117. The highest BCUT2D eigenvalue weighted by Crippen LogP contribution is 2.14. The SMILES string of the molecule is Cc1cccc(C(=O)N(C)[C@H](CCNC(=O)c2cccn2C)Cc2ccccc2)n1.[HH]. The summed E-state index contributed by atoms with van der Waals surface area (Å²) in [5, 5.41) is 2.97. The van der Waals surface area contributed by atoms with Gasteiger partial charge in [-0.05, 0) is 49.6 Å². The second-order valence-corrected chi connectivity index (χ2v) is 7.47. The number of amides is 2. The van der Waals surface area contributed by atoms with Crippen LogP contribution in [0.2, 0.25) is 0 Å². The summed E-state index contributed by atoms with van der Waals surface area (Å²) in [6.07, 6.45) is 3.18. The monoisotopic (exact) mass is 406 g/mol. The fourth-order valence-electron chi connectivity index (χ4n) is 3.47. The number of nitrogens with one attached hydrogen (secondary N) is 1. The fourth-order valence-corrected chi connectivity index (χ4v) is 3.47. The van der Waals surface area contributed by atoms with Gasteiger partial charge in [-0.25, -0.2) is 4.98 Å². The number of hydrogen-bond donors (Lipinski definition) is 1. The van der Waals surface area contributed by atoms with Gasteiger partial charge in [-0.2, -0.15) is 0 Å². The van der Waals surface area contributed by atoms with Crippen LogP contribution in [0.25, 0.3) is 0 Å². The minimum Gasteiger partial charge on any atom is -0.351 e. The second-order valence-electron chi connectivity index (χ2n) is 7.47. The highest BCUT2D eigenvalue weighted by molar-refractivity contribution is 5.93. The average molecular weight is 407 g/mol. The molecule has 0 bridgehead atoms. The molecular formula is C24H30N4O2. The number of aromatic nitrogens is 2. The van der Waals surface area contributed by atoms with E-state index in [1.807, 2.05) is 56.6 Å². The zero-order valence-electron chi connectivity index (χ0n) is 17.7. The van der Waals surface area contributed by atoms with Crippen molar-refractivity contribution in [3.8, 4) is 0 Å². The largest absolute Gasteiger partial charge is 0.351 e. The summed E-state index contributed by atoms with van der Waals surface area (Å²) in [7, 11) is 3.65. The minimum absolute atomic E-state index is 0. The Hall–Kier alpha value is -3.41. The Labute approximate surface area is 179 Å². The molecule has 0 saturated heterocycles. The van der Waals surface area contributed by atoms with Gasteiger partial charge in [0.25, 0.3) is 11.8 Å². The van der Waals surface area contributed by atoms with E-state index in [-0.39, 0.29) is 19.3 Å². The lowest BCUT2D eigenvalue weighted by Gasteiger charge is -2.28. The first kappa shape index (κ1) is 21.3. The average Bonchev–Trinajstić information content (AvgIpc) is 3.18. The summed E-state index contributed by atoms with van der Waals surface area (Å²) >= 11 is 0. The summed E-state index contributed by atoms with van der Waals surface area (Å²) in [4.78, 5) is 31.5. The Bertz CT molecular complexity index is 1000. The van der Waals surface area contributed by atoms with Gasteiger partial charge < -0.3 is 14.8 Å². The topological polar surface area (TPSA) is 67.2 Å². The lowest BCUT2D eigenvalue weighted by molar-refractivity contribution is 0.0716. The van der Waals surface area contributed by atoms with Crippen LogP contribution in [0.15, 0.2) is 66.9 Å². The predicted molar refractivity (Wildman–Crippen MR) is 119 cm³/mol. The van der Waals surface area contributed by atoms with E-state index < -0.39 is 0 Å². The van der Waals surface area contributed by atoms with E-state index >= 15 is 0 Å². The molecule has 158 valence electrons. The van der Waals surface area contributed by atoms with E-state index in [0.717, 1.165) is 11.3 Å². The van der Waals surface area contributed by atoms with Gasteiger partial charge >= 0.3 is 0 Å². The van der Waals surface area contributed by atoms with E-state index in [4.69, 9.17) is 0 Å². The van der Waals surface area contributed by atoms with Crippen molar-refractivity contribution in [1.29, 1.82) is 0 Å². The van der Waals surface area contributed by atoms with Crippen molar-refractivity contribution in [2.24, 2.45) is 7.05 Å². The van der Waals surface area contributed by atoms with Gasteiger partial charge in [-0.15, -0.1) is 0 Å². The molecule has 3 rings (SSSR count). The Kier molecular flexibility index (Phi) is 7.01. The molecule has 0 fully saturated rings. The van der Waals surface area contributed by atoms with Crippen molar-refractivity contribution in [3.63, 3.8) is 0 Å². The number of benzene rings is 1. The van der Waals surface area contributed by atoms with Crippen LogP contribution in [0.3, 0.4) is 0 Å². The number of hydrogen-bond acceptors (Lipinski definition) is 3. The predicted octanol–water partition coefficient (Wildman–Crippen LogP) is 3.48. The van der Waals surface area contributed by atoms with Crippen LogP contribution in [-0.2, 0) is 13.5 Å². The van der Waals surface area contributed by atoms with Crippen molar-refractivity contribution < 1.29 is 11.0 Å². The van der Waals surface area contributed by atoms with Crippen LogP contribution in [0, 0.1) is 6.92 Å². The van der Waals surface area contributed by atoms with Crippen LogP contribution < -0.4 is 5.32 Å². The standard InChI is InChI=1S/C24H28N4O2.H2/c1-18-9-7-12-21(26-18)24(30)28(3)20(17-19-10-5-4-6-11-19)14-15-25-23(29)22-13-8-16-27(22)2;/h4-13,16,20H,14-15,17H2,1-3H3,(H,25,29);1H/t20-;/m1./s1. The Morgan fingerprint density at radius 2 is 1.87 bits per heavy atom. The molecule has 2 heterocycles. The lowest BCUT2D eigenvalue weighted by atomic mass is 10.0. The summed E-state index contributed by atoms with van der Waals surface area (Å²) in [5.41, 5.74) is 3.00. The van der Waals surface area contributed by atoms with Crippen molar-refractivity contribution >= 4 is 11.8 Å². The molecule has 2 amide bonds. The second kappa shape index (κ2) is 9.87. The molecule has 2 aromatic heterocycles. The molecule has 0 saturated carbocycles. The Morgan fingerprint density at radius 1 is 1.10 bits per heavy atom. The van der Waals surface area contributed by atoms with E-state index in [1.54, 1.807) is 28.6 Å². The third-order valence-electron chi connectivity index (χ3n) is 5.23. The van der Waals surface area contributed by atoms with Crippen LogP contribution in [0.4, 0.5) is 0 Å². The maximum absolute atomic E-state index is 13.0. The molecule has 30 heavy (non-hydrogen) atoms.